The summed E-state index contributed by atoms with van der Waals surface area (Å²) in [5.41, 5.74) is 3.40. The van der Waals surface area contributed by atoms with Crippen molar-refractivity contribution in [1.82, 2.24) is 0 Å². The van der Waals surface area contributed by atoms with Crippen molar-refractivity contribution in [2.24, 2.45) is 11.3 Å². The van der Waals surface area contributed by atoms with Gasteiger partial charge in [-0.3, -0.25) is 4.79 Å². The van der Waals surface area contributed by atoms with Gasteiger partial charge in [0, 0.05) is 16.6 Å². The highest BCUT2D eigenvalue weighted by Gasteiger charge is 2.18. The molecule has 0 saturated heterocycles. The van der Waals surface area contributed by atoms with Crippen molar-refractivity contribution >= 4 is 27.5 Å². The molecule has 3 heteroatoms. The van der Waals surface area contributed by atoms with Gasteiger partial charge in [-0.25, -0.2) is 0 Å². The average molecular weight is 340 g/mol. The van der Waals surface area contributed by atoms with Crippen LogP contribution in [0.1, 0.15) is 51.7 Å². The molecule has 0 aliphatic carbocycles. The van der Waals surface area contributed by atoms with Crippen LogP contribution in [-0.2, 0) is 4.79 Å². The van der Waals surface area contributed by atoms with E-state index < -0.39 is 0 Å². The second-order valence-corrected chi connectivity index (χ2v) is 7.95. The quantitative estimate of drug-likeness (QED) is 0.774. The topological polar surface area (TPSA) is 29.1 Å². The molecule has 112 valence electrons. The lowest BCUT2D eigenvalue weighted by Gasteiger charge is -2.23. The van der Waals surface area contributed by atoms with Gasteiger partial charge in [0.15, 0.2) is 0 Å². The van der Waals surface area contributed by atoms with Gasteiger partial charge in [0.1, 0.15) is 0 Å². The van der Waals surface area contributed by atoms with E-state index in [0.717, 1.165) is 27.7 Å². The van der Waals surface area contributed by atoms with Crippen LogP contribution >= 0.6 is 15.9 Å². The Morgan fingerprint density at radius 1 is 1.25 bits per heavy atom. The zero-order chi connectivity index (χ0) is 15.5. The first-order chi connectivity index (χ1) is 9.08. The van der Waals surface area contributed by atoms with Crippen LogP contribution in [0.2, 0.25) is 0 Å². The Balaban J connectivity index is 2.68. The zero-order valence-electron chi connectivity index (χ0n) is 13.4. The number of aryl methyl sites for hydroxylation is 2. The molecular formula is C17H26BrNO. The van der Waals surface area contributed by atoms with Crippen LogP contribution in [0.3, 0.4) is 0 Å². The predicted molar refractivity (Wildman–Crippen MR) is 90.1 cm³/mol. The molecule has 1 rings (SSSR count). The maximum absolute atomic E-state index is 12.2. The maximum Gasteiger partial charge on any atom is 0.224 e. The molecule has 0 bridgehead atoms. The third kappa shape index (κ3) is 5.66. The van der Waals surface area contributed by atoms with E-state index in [-0.39, 0.29) is 11.3 Å². The zero-order valence-corrected chi connectivity index (χ0v) is 15.0. The van der Waals surface area contributed by atoms with E-state index in [1.165, 1.54) is 0 Å². The number of halogens is 1. The van der Waals surface area contributed by atoms with Crippen molar-refractivity contribution in [3.63, 3.8) is 0 Å². The highest BCUT2D eigenvalue weighted by atomic mass is 79.9. The summed E-state index contributed by atoms with van der Waals surface area (Å²) in [7, 11) is 0. The summed E-state index contributed by atoms with van der Waals surface area (Å²) >= 11 is 3.47. The Bertz CT molecular complexity index is 465. The van der Waals surface area contributed by atoms with E-state index in [4.69, 9.17) is 0 Å². The number of amides is 1. The minimum absolute atomic E-state index is 0.107. The summed E-state index contributed by atoms with van der Waals surface area (Å²) in [4.78, 5) is 12.2. The second kappa shape index (κ2) is 6.75. The number of rotatable bonds is 4. The summed E-state index contributed by atoms with van der Waals surface area (Å²) in [6.45, 7) is 12.8. The molecule has 1 atom stereocenters. The van der Waals surface area contributed by atoms with Gasteiger partial charge >= 0.3 is 0 Å². The smallest absolute Gasteiger partial charge is 0.224 e. The molecule has 0 aliphatic rings. The Kier molecular flexibility index (Phi) is 5.81. The van der Waals surface area contributed by atoms with Gasteiger partial charge in [0.2, 0.25) is 5.91 Å². The van der Waals surface area contributed by atoms with Gasteiger partial charge in [-0.15, -0.1) is 0 Å². The van der Waals surface area contributed by atoms with E-state index in [9.17, 15) is 4.79 Å². The summed E-state index contributed by atoms with van der Waals surface area (Å²) < 4.78 is 1.05. The molecule has 0 spiro atoms. The third-order valence-electron chi connectivity index (χ3n) is 3.26. The van der Waals surface area contributed by atoms with Gasteiger partial charge in [0.05, 0.1) is 0 Å². The first-order valence-electron chi connectivity index (χ1n) is 7.15. The number of benzene rings is 1. The molecule has 0 saturated carbocycles. The lowest BCUT2D eigenvalue weighted by Crippen LogP contribution is -2.19. The summed E-state index contributed by atoms with van der Waals surface area (Å²) in [5, 5.41) is 3.06. The monoisotopic (exact) mass is 339 g/mol. The lowest BCUT2D eigenvalue weighted by atomic mass is 9.84. The number of nitrogens with one attached hydrogen (secondary N) is 1. The molecule has 1 aromatic carbocycles. The molecule has 1 N–H and O–H groups in total. The number of hydrogen-bond acceptors (Lipinski definition) is 1. The summed E-state index contributed by atoms with van der Waals surface area (Å²) in [6.07, 6.45) is 1.63. The van der Waals surface area contributed by atoms with Gasteiger partial charge in [-0.2, -0.15) is 0 Å². The molecule has 2 nitrogen and oxygen atoms in total. The van der Waals surface area contributed by atoms with Crippen molar-refractivity contribution in [1.29, 1.82) is 0 Å². The molecule has 1 aromatic rings. The standard InChI is InChI=1S/C17H26BrNO/c1-11(10-17(4,5)6)7-15(20)19-16-12(2)8-14(18)9-13(16)3/h8-9,11H,7,10H2,1-6H3,(H,19,20). The maximum atomic E-state index is 12.2. The Morgan fingerprint density at radius 2 is 1.75 bits per heavy atom. The third-order valence-corrected chi connectivity index (χ3v) is 3.71. The molecular weight excluding hydrogens is 314 g/mol. The van der Waals surface area contributed by atoms with Gasteiger partial charge < -0.3 is 5.32 Å². The van der Waals surface area contributed by atoms with Crippen LogP contribution in [0.25, 0.3) is 0 Å². The van der Waals surface area contributed by atoms with E-state index >= 15 is 0 Å². The van der Waals surface area contributed by atoms with Gasteiger partial charge in [-0.1, -0.05) is 43.6 Å². The number of carbonyl (C=O) groups is 1. The summed E-state index contributed by atoms with van der Waals surface area (Å²) in [6, 6.07) is 4.06. The first kappa shape index (κ1) is 17.2. The highest BCUT2D eigenvalue weighted by molar-refractivity contribution is 9.10. The fraction of sp³-hybridized carbons (Fsp3) is 0.588. The molecule has 1 unspecified atom stereocenters. The largest absolute Gasteiger partial charge is 0.326 e. The predicted octanol–water partition coefficient (Wildman–Crippen LogP) is 5.47. The Morgan fingerprint density at radius 3 is 2.20 bits per heavy atom. The molecule has 0 aromatic heterocycles. The van der Waals surface area contributed by atoms with Crippen LogP contribution in [0.5, 0.6) is 0 Å². The van der Waals surface area contributed by atoms with Crippen LogP contribution < -0.4 is 5.32 Å². The van der Waals surface area contributed by atoms with Crippen molar-refractivity contribution in [2.75, 3.05) is 5.32 Å². The van der Waals surface area contributed by atoms with Gasteiger partial charge in [-0.05, 0) is 54.9 Å². The lowest BCUT2D eigenvalue weighted by molar-refractivity contribution is -0.117. The average Bonchev–Trinajstić information content (AvgIpc) is 2.20. The first-order valence-corrected chi connectivity index (χ1v) is 7.94. The van der Waals surface area contributed by atoms with Crippen LogP contribution in [0.4, 0.5) is 5.69 Å². The van der Waals surface area contributed by atoms with Crippen LogP contribution in [-0.4, -0.2) is 5.91 Å². The molecule has 0 heterocycles. The molecule has 0 aliphatic heterocycles. The van der Waals surface area contributed by atoms with E-state index in [2.05, 4.69) is 48.9 Å². The summed E-state index contributed by atoms with van der Waals surface area (Å²) in [5.74, 6) is 0.501. The van der Waals surface area contributed by atoms with Crippen molar-refractivity contribution in [3.8, 4) is 0 Å². The number of hydrogen-bond donors (Lipinski definition) is 1. The molecule has 1 amide bonds. The normalized spacial score (nSPS) is 13.2. The fourth-order valence-corrected chi connectivity index (χ4v) is 3.42. The number of anilines is 1. The van der Waals surface area contributed by atoms with Crippen molar-refractivity contribution in [2.45, 2.75) is 54.4 Å². The van der Waals surface area contributed by atoms with Crippen molar-refractivity contribution < 1.29 is 4.79 Å². The highest BCUT2D eigenvalue weighted by Crippen LogP contribution is 2.28. The SMILES string of the molecule is Cc1cc(Br)cc(C)c1NC(=O)CC(C)CC(C)(C)C. The fourth-order valence-electron chi connectivity index (χ4n) is 2.73. The van der Waals surface area contributed by atoms with E-state index in [1.807, 2.05) is 26.0 Å². The molecule has 20 heavy (non-hydrogen) atoms. The number of carbonyl (C=O) groups excluding carboxylic acids is 1. The van der Waals surface area contributed by atoms with Gasteiger partial charge in [0.25, 0.3) is 0 Å². The second-order valence-electron chi connectivity index (χ2n) is 7.04. The molecule has 0 fully saturated rings. The van der Waals surface area contributed by atoms with Crippen LogP contribution in [0, 0.1) is 25.2 Å². The Labute approximate surface area is 131 Å². The van der Waals surface area contributed by atoms with E-state index in [0.29, 0.717) is 12.3 Å². The molecule has 0 radical (unpaired) electrons. The van der Waals surface area contributed by atoms with Crippen molar-refractivity contribution in [3.05, 3.63) is 27.7 Å². The minimum Gasteiger partial charge on any atom is -0.326 e. The van der Waals surface area contributed by atoms with E-state index in [1.54, 1.807) is 0 Å². The van der Waals surface area contributed by atoms with Crippen LogP contribution in [0.15, 0.2) is 16.6 Å². The Hall–Kier alpha value is -0.830. The minimum atomic E-state index is 0.107.